The zero-order valence-electron chi connectivity index (χ0n) is 11.3. The van der Waals surface area contributed by atoms with E-state index in [0.717, 1.165) is 19.3 Å². The van der Waals surface area contributed by atoms with Crippen molar-refractivity contribution in [2.45, 2.75) is 31.8 Å². The van der Waals surface area contributed by atoms with E-state index in [4.69, 9.17) is 0 Å². The molecule has 0 fully saturated rings. The Kier molecular flexibility index (Phi) is 3.98. The van der Waals surface area contributed by atoms with Gasteiger partial charge in [-0.3, -0.25) is 10.1 Å². The molecule has 0 radical (unpaired) electrons. The summed E-state index contributed by atoms with van der Waals surface area (Å²) in [6, 6.07) is 6.62. The highest BCUT2D eigenvalue weighted by molar-refractivity contribution is 7.10. The number of halogens is 1. The highest BCUT2D eigenvalue weighted by atomic mass is 32.1. The van der Waals surface area contributed by atoms with Crippen molar-refractivity contribution in [3.8, 4) is 0 Å². The van der Waals surface area contributed by atoms with E-state index in [1.54, 1.807) is 17.4 Å². The SMILES string of the molecule is O=[N+]([O-])c1cccc(CNC2CCCc3sccc32)c1F. The Balaban J connectivity index is 1.75. The lowest BCUT2D eigenvalue weighted by Gasteiger charge is -2.24. The van der Waals surface area contributed by atoms with Gasteiger partial charge in [-0.1, -0.05) is 12.1 Å². The van der Waals surface area contributed by atoms with Gasteiger partial charge in [0.1, 0.15) is 0 Å². The topological polar surface area (TPSA) is 55.2 Å². The van der Waals surface area contributed by atoms with E-state index in [9.17, 15) is 14.5 Å². The first-order valence-electron chi connectivity index (χ1n) is 6.88. The average molecular weight is 306 g/mol. The third kappa shape index (κ3) is 2.82. The lowest BCUT2D eigenvalue weighted by atomic mass is 9.94. The number of hydrogen-bond acceptors (Lipinski definition) is 4. The van der Waals surface area contributed by atoms with Crippen molar-refractivity contribution in [1.29, 1.82) is 0 Å². The van der Waals surface area contributed by atoms with Crippen LogP contribution in [-0.4, -0.2) is 4.92 Å². The van der Waals surface area contributed by atoms with Crippen molar-refractivity contribution >= 4 is 17.0 Å². The van der Waals surface area contributed by atoms with Crippen molar-refractivity contribution < 1.29 is 9.31 Å². The molecule has 110 valence electrons. The number of thiophene rings is 1. The number of nitro benzene ring substituents is 1. The molecule has 6 heteroatoms. The highest BCUT2D eigenvalue weighted by Gasteiger charge is 2.22. The molecule has 0 spiro atoms. The molecule has 1 aliphatic carbocycles. The van der Waals surface area contributed by atoms with E-state index in [2.05, 4.69) is 16.8 Å². The summed E-state index contributed by atoms with van der Waals surface area (Å²) < 4.78 is 14.0. The zero-order chi connectivity index (χ0) is 14.8. The Morgan fingerprint density at radius 3 is 3.10 bits per heavy atom. The molecule has 1 aromatic heterocycles. The van der Waals surface area contributed by atoms with Crippen LogP contribution in [0, 0.1) is 15.9 Å². The largest absolute Gasteiger partial charge is 0.306 e. The summed E-state index contributed by atoms with van der Waals surface area (Å²) in [6.45, 7) is 0.299. The van der Waals surface area contributed by atoms with Gasteiger partial charge in [0.15, 0.2) is 0 Å². The molecule has 1 heterocycles. The van der Waals surface area contributed by atoms with Crippen molar-refractivity contribution in [3.63, 3.8) is 0 Å². The molecule has 1 unspecified atom stereocenters. The number of rotatable bonds is 4. The van der Waals surface area contributed by atoms with Gasteiger partial charge in [-0.2, -0.15) is 4.39 Å². The average Bonchev–Trinajstić information content (AvgIpc) is 2.95. The Labute approximate surface area is 125 Å². The lowest BCUT2D eigenvalue weighted by Crippen LogP contribution is -2.24. The molecule has 1 aromatic carbocycles. The maximum atomic E-state index is 14.0. The lowest BCUT2D eigenvalue weighted by molar-refractivity contribution is -0.387. The van der Waals surface area contributed by atoms with Crippen LogP contribution >= 0.6 is 11.3 Å². The molecule has 1 N–H and O–H groups in total. The van der Waals surface area contributed by atoms with Gasteiger partial charge in [0.2, 0.25) is 5.82 Å². The van der Waals surface area contributed by atoms with Crippen LogP contribution in [0.4, 0.5) is 10.1 Å². The van der Waals surface area contributed by atoms with Gasteiger partial charge in [0.05, 0.1) is 4.92 Å². The third-order valence-electron chi connectivity index (χ3n) is 3.85. The molecule has 4 nitrogen and oxygen atoms in total. The summed E-state index contributed by atoms with van der Waals surface area (Å²) in [5.41, 5.74) is 1.16. The predicted octanol–water partition coefficient (Wildman–Crippen LogP) is 3.96. The monoisotopic (exact) mass is 306 g/mol. The van der Waals surface area contributed by atoms with Crippen molar-refractivity contribution in [2.24, 2.45) is 0 Å². The Hall–Kier alpha value is -1.79. The molecule has 0 saturated heterocycles. The standard InChI is InChI=1S/C15H15FN2O2S/c16-15-10(3-1-5-13(15)18(19)20)9-17-12-4-2-6-14-11(12)7-8-21-14/h1,3,5,7-8,12,17H,2,4,6,9H2. The minimum atomic E-state index is -0.739. The Morgan fingerprint density at radius 1 is 1.43 bits per heavy atom. The maximum Gasteiger partial charge on any atom is 0.305 e. The molecule has 0 saturated carbocycles. The first-order chi connectivity index (χ1) is 10.2. The minimum absolute atomic E-state index is 0.207. The minimum Gasteiger partial charge on any atom is -0.306 e. The molecule has 21 heavy (non-hydrogen) atoms. The molecule has 0 aliphatic heterocycles. The van der Waals surface area contributed by atoms with Crippen LogP contribution in [0.15, 0.2) is 29.6 Å². The molecular formula is C15H15FN2O2S. The fraction of sp³-hybridized carbons (Fsp3) is 0.333. The number of aryl methyl sites for hydroxylation is 1. The van der Waals surface area contributed by atoms with E-state index < -0.39 is 16.4 Å². The van der Waals surface area contributed by atoms with E-state index in [1.165, 1.54) is 22.6 Å². The molecular weight excluding hydrogens is 291 g/mol. The fourth-order valence-electron chi connectivity index (χ4n) is 2.78. The zero-order valence-corrected chi connectivity index (χ0v) is 12.2. The molecule has 2 aromatic rings. The van der Waals surface area contributed by atoms with Crippen LogP contribution in [0.1, 0.15) is 34.9 Å². The predicted molar refractivity (Wildman–Crippen MR) is 79.9 cm³/mol. The number of benzene rings is 1. The van der Waals surface area contributed by atoms with Gasteiger partial charge < -0.3 is 5.32 Å². The number of hydrogen-bond donors (Lipinski definition) is 1. The van der Waals surface area contributed by atoms with Gasteiger partial charge in [0.25, 0.3) is 0 Å². The second-order valence-electron chi connectivity index (χ2n) is 5.13. The third-order valence-corrected chi connectivity index (χ3v) is 4.84. The molecule has 1 aliphatic rings. The van der Waals surface area contributed by atoms with Crippen molar-refractivity contribution in [1.82, 2.24) is 5.32 Å². The van der Waals surface area contributed by atoms with E-state index in [1.807, 2.05) is 0 Å². The van der Waals surface area contributed by atoms with Crippen LogP contribution in [0.3, 0.4) is 0 Å². The summed E-state index contributed by atoms with van der Waals surface area (Å²) in [6.07, 6.45) is 3.24. The van der Waals surface area contributed by atoms with Crippen LogP contribution in [0.2, 0.25) is 0 Å². The maximum absolute atomic E-state index is 14.0. The van der Waals surface area contributed by atoms with Crippen LogP contribution < -0.4 is 5.32 Å². The van der Waals surface area contributed by atoms with E-state index >= 15 is 0 Å². The van der Waals surface area contributed by atoms with Crippen LogP contribution in [0.25, 0.3) is 0 Å². The van der Waals surface area contributed by atoms with Gasteiger partial charge >= 0.3 is 5.69 Å². The summed E-state index contributed by atoms with van der Waals surface area (Å²) in [5.74, 6) is -0.739. The first kappa shape index (κ1) is 14.2. The van der Waals surface area contributed by atoms with Gasteiger partial charge in [-0.25, -0.2) is 0 Å². The molecule has 0 amide bonds. The Morgan fingerprint density at radius 2 is 2.29 bits per heavy atom. The molecule has 0 bridgehead atoms. The first-order valence-corrected chi connectivity index (χ1v) is 7.76. The number of nitrogens with one attached hydrogen (secondary N) is 1. The quantitative estimate of drug-likeness (QED) is 0.687. The van der Waals surface area contributed by atoms with Crippen molar-refractivity contribution in [3.05, 3.63) is 61.6 Å². The molecule has 3 rings (SSSR count). The second kappa shape index (κ2) is 5.91. The Bertz CT molecular complexity index is 671. The number of fused-ring (bicyclic) bond motifs is 1. The summed E-state index contributed by atoms with van der Waals surface area (Å²) in [4.78, 5) is 11.5. The van der Waals surface area contributed by atoms with E-state index in [0.29, 0.717) is 12.1 Å². The smallest absolute Gasteiger partial charge is 0.305 e. The summed E-state index contributed by atoms with van der Waals surface area (Å²) >= 11 is 1.76. The molecule has 1 atom stereocenters. The number of nitro groups is 1. The highest BCUT2D eigenvalue weighted by Crippen LogP contribution is 2.33. The normalized spacial score (nSPS) is 17.5. The van der Waals surface area contributed by atoms with Gasteiger partial charge in [-0.05, 0) is 36.3 Å². The summed E-state index contributed by atoms with van der Waals surface area (Å²) in [5, 5.41) is 16.2. The van der Waals surface area contributed by atoms with Crippen LogP contribution in [0.5, 0.6) is 0 Å². The van der Waals surface area contributed by atoms with E-state index in [-0.39, 0.29) is 6.04 Å². The fourth-order valence-corrected chi connectivity index (χ4v) is 3.76. The summed E-state index contributed by atoms with van der Waals surface area (Å²) in [7, 11) is 0. The van der Waals surface area contributed by atoms with Crippen molar-refractivity contribution in [2.75, 3.05) is 0 Å². The van der Waals surface area contributed by atoms with Gasteiger partial charge in [-0.15, -0.1) is 11.3 Å². The van der Waals surface area contributed by atoms with Crippen LogP contribution in [-0.2, 0) is 13.0 Å². The number of nitrogens with zero attached hydrogens (tertiary/aromatic N) is 1. The van der Waals surface area contributed by atoms with Gasteiger partial charge in [0, 0.05) is 29.1 Å². The second-order valence-corrected chi connectivity index (χ2v) is 6.13.